The van der Waals surface area contributed by atoms with Gasteiger partial charge in [-0.05, 0) is 38.9 Å². The average molecular weight is 264 g/mol. The smallest absolute Gasteiger partial charge is 0.223 e. The van der Waals surface area contributed by atoms with Crippen molar-refractivity contribution in [2.24, 2.45) is 5.92 Å². The first kappa shape index (κ1) is 13.9. The molecule has 1 saturated heterocycles. The molecule has 4 nitrogen and oxygen atoms in total. The van der Waals surface area contributed by atoms with Crippen LogP contribution < -0.4 is 15.4 Å². The van der Waals surface area contributed by atoms with Crippen LogP contribution in [-0.2, 0) is 11.3 Å². The number of hydrogen-bond donors (Lipinski definition) is 2. The highest BCUT2D eigenvalue weighted by Gasteiger charge is 2.20. The number of piperidine rings is 1. The molecule has 1 fully saturated rings. The summed E-state index contributed by atoms with van der Waals surface area (Å²) >= 11 is 0. The van der Waals surface area contributed by atoms with Gasteiger partial charge in [-0.15, -0.1) is 0 Å². The summed E-state index contributed by atoms with van der Waals surface area (Å²) in [6.45, 7) is 5.02. The predicted octanol–water partition coefficient (Wildman–Crippen LogP) is 1.95. The Kier molecular flexibility index (Phi) is 5.21. The lowest BCUT2D eigenvalue weighted by molar-refractivity contribution is -0.125. The third kappa shape index (κ3) is 3.96. The number of carbonyl (C=O) groups excluding carboxylic acids is 1. The number of ether oxygens (including phenoxy) is 1. The molecular weight excluding hydrogens is 240 g/mol. The van der Waals surface area contributed by atoms with Gasteiger partial charge in [-0.2, -0.15) is 0 Å². The van der Waals surface area contributed by atoms with Crippen molar-refractivity contribution < 1.29 is 11.0 Å². The molecule has 0 bridgehead atoms. The van der Waals surface area contributed by atoms with Gasteiger partial charge in [0.15, 0.2) is 0 Å². The average Bonchev–Trinajstić information content (AvgIpc) is 2.47. The topological polar surface area (TPSA) is 50.4 Å². The summed E-state index contributed by atoms with van der Waals surface area (Å²) in [5.41, 5.74) is 1.03. The highest BCUT2D eigenvalue weighted by atomic mass is 16.5. The van der Waals surface area contributed by atoms with Gasteiger partial charge in [0.2, 0.25) is 5.91 Å². The van der Waals surface area contributed by atoms with Crippen molar-refractivity contribution in [3.8, 4) is 5.75 Å². The zero-order valence-electron chi connectivity index (χ0n) is 11.4. The SMILES string of the molecule is CCOc1ccccc1CNC(=O)C1CCNCC1.[HH]. The van der Waals surface area contributed by atoms with E-state index in [2.05, 4.69) is 10.6 Å². The fraction of sp³-hybridized carbons (Fsp3) is 0.533. The lowest BCUT2D eigenvalue weighted by Crippen LogP contribution is -2.37. The number of amides is 1. The van der Waals surface area contributed by atoms with E-state index in [4.69, 9.17) is 4.74 Å². The molecule has 0 aliphatic carbocycles. The minimum absolute atomic E-state index is 0. The second-order valence-corrected chi connectivity index (χ2v) is 4.78. The Bertz CT molecular complexity index is 420. The van der Waals surface area contributed by atoms with E-state index >= 15 is 0 Å². The molecule has 1 aromatic rings. The quantitative estimate of drug-likeness (QED) is 0.854. The Morgan fingerprint density at radius 1 is 1.42 bits per heavy atom. The Morgan fingerprint density at radius 3 is 2.89 bits per heavy atom. The van der Waals surface area contributed by atoms with Gasteiger partial charge < -0.3 is 15.4 Å². The number of para-hydroxylation sites is 1. The van der Waals surface area contributed by atoms with E-state index in [1.165, 1.54) is 0 Å². The van der Waals surface area contributed by atoms with E-state index in [1.54, 1.807) is 0 Å². The van der Waals surface area contributed by atoms with Crippen molar-refractivity contribution in [3.63, 3.8) is 0 Å². The third-order valence-corrected chi connectivity index (χ3v) is 3.44. The number of hydrogen-bond acceptors (Lipinski definition) is 3. The molecule has 4 heteroatoms. The van der Waals surface area contributed by atoms with E-state index < -0.39 is 0 Å². The third-order valence-electron chi connectivity index (χ3n) is 3.44. The summed E-state index contributed by atoms with van der Waals surface area (Å²) in [5, 5.41) is 6.29. The van der Waals surface area contributed by atoms with Gasteiger partial charge in [0.25, 0.3) is 0 Å². The maximum Gasteiger partial charge on any atom is 0.223 e. The standard InChI is InChI=1S/C15H22N2O2.H2/c1-2-19-14-6-4-3-5-13(14)11-17-15(18)12-7-9-16-10-8-12;/h3-6,12,16H,2,7-11H2,1H3,(H,17,18);1H. The van der Waals surface area contributed by atoms with Crippen LogP contribution in [0.1, 0.15) is 26.8 Å². The van der Waals surface area contributed by atoms with E-state index in [0.29, 0.717) is 13.2 Å². The molecule has 2 N–H and O–H groups in total. The maximum atomic E-state index is 12.1. The molecule has 0 aromatic heterocycles. The van der Waals surface area contributed by atoms with E-state index in [1.807, 2.05) is 31.2 Å². The molecule has 106 valence electrons. The number of rotatable bonds is 5. The van der Waals surface area contributed by atoms with Crippen LogP contribution in [0.25, 0.3) is 0 Å². The molecule has 1 aliphatic rings. The normalized spacial score (nSPS) is 16.1. The monoisotopic (exact) mass is 264 g/mol. The van der Waals surface area contributed by atoms with Crippen LogP contribution in [0.3, 0.4) is 0 Å². The Hall–Kier alpha value is -1.55. The Labute approximate surface area is 116 Å². The first-order valence-electron chi connectivity index (χ1n) is 7.00. The largest absolute Gasteiger partial charge is 0.494 e. The van der Waals surface area contributed by atoms with Crippen LogP contribution in [-0.4, -0.2) is 25.6 Å². The second kappa shape index (κ2) is 7.14. The van der Waals surface area contributed by atoms with Crippen molar-refractivity contribution in [2.75, 3.05) is 19.7 Å². The molecule has 1 heterocycles. The van der Waals surface area contributed by atoms with E-state index in [9.17, 15) is 4.79 Å². The van der Waals surface area contributed by atoms with Crippen molar-refractivity contribution in [3.05, 3.63) is 29.8 Å². The van der Waals surface area contributed by atoms with Gasteiger partial charge in [0.05, 0.1) is 6.61 Å². The molecule has 0 atom stereocenters. The molecule has 1 aliphatic heterocycles. The van der Waals surface area contributed by atoms with Crippen LogP contribution in [0.15, 0.2) is 24.3 Å². The highest BCUT2D eigenvalue weighted by molar-refractivity contribution is 5.78. The van der Waals surface area contributed by atoms with Crippen molar-refractivity contribution in [1.82, 2.24) is 10.6 Å². The molecule has 1 amide bonds. The second-order valence-electron chi connectivity index (χ2n) is 4.78. The minimum atomic E-state index is 0. The minimum Gasteiger partial charge on any atom is -0.494 e. The lowest BCUT2D eigenvalue weighted by atomic mass is 9.97. The number of benzene rings is 1. The molecule has 0 spiro atoms. The molecular formula is C15H24N2O2. The van der Waals surface area contributed by atoms with Gasteiger partial charge in [0, 0.05) is 19.5 Å². The molecule has 0 saturated carbocycles. The highest BCUT2D eigenvalue weighted by Crippen LogP contribution is 2.18. The van der Waals surface area contributed by atoms with Crippen molar-refractivity contribution in [2.45, 2.75) is 26.3 Å². The fourth-order valence-corrected chi connectivity index (χ4v) is 2.36. The maximum absolute atomic E-state index is 12.1. The summed E-state index contributed by atoms with van der Waals surface area (Å²) in [5.74, 6) is 1.17. The number of carbonyl (C=O) groups is 1. The van der Waals surface area contributed by atoms with Gasteiger partial charge in [0.1, 0.15) is 5.75 Å². The van der Waals surface area contributed by atoms with Crippen LogP contribution in [0, 0.1) is 5.92 Å². The van der Waals surface area contributed by atoms with Gasteiger partial charge >= 0.3 is 0 Å². The summed E-state index contributed by atoms with van der Waals surface area (Å²) in [6.07, 6.45) is 1.86. The van der Waals surface area contributed by atoms with Crippen LogP contribution >= 0.6 is 0 Å². The first-order chi connectivity index (χ1) is 9.31. The number of nitrogens with one attached hydrogen (secondary N) is 2. The molecule has 0 radical (unpaired) electrons. The molecule has 2 rings (SSSR count). The lowest BCUT2D eigenvalue weighted by Gasteiger charge is -2.22. The van der Waals surface area contributed by atoms with Crippen molar-refractivity contribution in [1.29, 1.82) is 0 Å². The van der Waals surface area contributed by atoms with E-state index in [-0.39, 0.29) is 13.3 Å². The van der Waals surface area contributed by atoms with Crippen LogP contribution in [0.5, 0.6) is 5.75 Å². The predicted molar refractivity (Wildman–Crippen MR) is 77.2 cm³/mol. The fourth-order valence-electron chi connectivity index (χ4n) is 2.36. The first-order valence-corrected chi connectivity index (χ1v) is 7.00. The van der Waals surface area contributed by atoms with Crippen molar-refractivity contribution >= 4 is 5.91 Å². The summed E-state index contributed by atoms with van der Waals surface area (Å²) in [7, 11) is 0. The van der Waals surface area contributed by atoms with E-state index in [0.717, 1.165) is 37.2 Å². The van der Waals surface area contributed by atoms with Gasteiger partial charge in [-0.3, -0.25) is 4.79 Å². The molecule has 1 aromatic carbocycles. The summed E-state index contributed by atoms with van der Waals surface area (Å²) in [4.78, 5) is 12.1. The molecule has 19 heavy (non-hydrogen) atoms. The zero-order chi connectivity index (χ0) is 13.5. The van der Waals surface area contributed by atoms with Gasteiger partial charge in [-0.25, -0.2) is 0 Å². The van der Waals surface area contributed by atoms with Crippen LogP contribution in [0.4, 0.5) is 0 Å². The summed E-state index contributed by atoms with van der Waals surface area (Å²) < 4.78 is 5.55. The summed E-state index contributed by atoms with van der Waals surface area (Å²) in [6, 6.07) is 7.85. The molecule has 0 unspecified atom stereocenters. The Balaban J connectivity index is 0.00000200. The zero-order valence-corrected chi connectivity index (χ0v) is 11.4. The Morgan fingerprint density at radius 2 is 2.16 bits per heavy atom. The van der Waals surface area contributed by atoms with Crippen LogP contribution in [0.2, 0.25) is 0 Å². The van der Waals surface area contributed by atoms with Gasteiger partial charge in [-0.1, -0.05) is 18.2 Å².